The van der Waals surface area contributed by atoms with Crippen molar-refractivity contribution in [1.82, 2.24) is 10.2 Å². The number of cyclic esters (lactones) is 1. The van der Waals surface area contributed by atoms with E-state index in [9.17, 15) is 33.9 Å². The van der Waals surface area contributed by atoms with Crippen molar-refractivity contribution in [3.8, 4) is 0 Å². The molecule has 0 bridgehead atoms. The lowest BCUT2D eigenvalue weighted by Gasteiger charge is -2.34. The number of likely N-dealkylation sites (N-methyl/N-ethyl adjacent to an activating group) is 1. The first-order chi connectivity index (χ1) is 33.4. The van der Waals surface area contributed by atoms with Gasteiger partial charge in [-0.05, 0) is 56.5 Å². The van der Waals surface area contributed by atoms with Crippen LogP contribution in [-0.4, -0.2) is 108 Å². The van der Waals surface area contributed by atoms with Crippen LogP contribution >= 0.6 is 0 Å². The summed E-state index contributed by atoms with van der Waals surface area (Å²) in [6.07, 6.45) is 0.0141. The Bertz CT molecular complexity index is 2550. The van der Waals surface area contributed by atoms with Crippen molar-refractivity contribution in [1.29, 1.82) is 0 Å². The molecular formula is C55H60N2O13. The number of benzene rings is 4. The summed E-state index contributed by atoms with van der Waals surface area (Å²) in [5.41, 5.74) is 1.21. The van der Waals surface area contributed by atoms with Gasteiger partial charge in [0.2, 0.25) is 23.7 Å². The average Bonchev–Trinajstić information content (AvgIpc) is 3.87. The van der Waals surface area contributed by atoms with Crippen molar-refractivity contribution in [3.63, 3.8) is 0 Å². The number of aliphatic hydroxyl groups excluding tert-OH is 1. The predicted molar refractivity (Wildman–Crippen MR) is 256 cm³/mol. The van der Waals surface area contributed by atoms with Crippen molar-refractivity contribution in [2.45, 2.75) is 108 Å². The number of nitrogens with zero attached hydrogens (tertiary/aromatic N) is 1. The minimum atomic E-state index is -1.50. The number of amides is 2. The molecule has 0 aromatic heterocycles. The normalized spacial score (nSPS) is 21.1. The Balaban J connectivity index is 1.19. The van der Waals surface area contributed by atoms with Crippen LogP contribution in [0.4, 0.5) is 0 Å². The van der Waals surface area contributed by atoms with E-state index in [4.69, 9.17) is 28.4 Å². The second-order valence-electron chi connectivity index (χ2n) is 19.3. The molecular weight excluding hydrogens is 897 g/mol. The lowest BCUT2D eigenvalue weighted by atomic mass is 9.90. The molecule has 7 rings (SSSR count). The number of ether oxygens (including phenoxy) is 6. The predicted octanol–water partition coefficient (Wildman–Crippen LogP) is 6.40. The molecule has 4 aromatic carbocycles. The molecule has 368 valence electrons. The van der Waals surface area contributed by atoms with E-state index in [2.05, 4.69) is 5.32 Å². The highest BCUT2D eigenvalue weighted by Gasteiger charge is 2.55. The Labute approximate surface area is 407 Å². The molecule has 15 nitrogen and oxygen atoms in total. The largest absolute Gasteiger partial charge is 0.462 e. The number of nitrogens with one attached hydrogen (secondary N) is 1. The highest BCUT2D eigenvalue weighted by Crippen LogP contribution is 2.47. The van der Waals surface area contributed by atoms with Crippen molar-refractivity contribution in [2.24, 2.45) is 5.41 Å². The number of hydrogen-bond acceptors (Lipinski definition) is 13. The molecule has 2 amide bonds. The zero-order valence-electron chi connectivity index (χ0n) is 40.2. The van der Waals surface area contributed by atoms with Crippen molar-refractivity contribution in [3.05, 3.63) is 161 Å². The summed E-state index contributed by atoms with van der Waals surface area (Å²) < 4.78 is 36.2. The first-order valence-electron chi connectivity index (χ1n) is 23.3. The van der Waals surface area contributed by atoms with E-state index >= 15 is 0 Å². The Morgan fingerprint density at radius 1 is 0.857 bits per heavy atom. The molecule has 70 heavy (non-hydrogen) atoms. The molecule has 2 heterocycles. The molecule has 0 saturated carbocycles. The lowest BCUT2D eigenvalue weighted by molar-refractivity contribution is -0.159. The lowest BCUT2D eigenvalue weighted by Crippen LogP contribution is -2.53. The van der Waals surface area contributed by atoms with Gasteiger partial charge in [0.25, 0.3) is 0 Å². The van der Waals surface area contributed by atoms with Crippen molar-refractivity contribution in [2.75, 3.05) is 20.3 Å². The van der Waals surface area contributed by atoms with E-state index < -0.39 is 95.6 Å². The second-order valence-corrected chi connectivity index (χ2v) is 19.3. The molecule has 6 atom stereocenters. The molecule has 15 heteroatoms. The smallest absolute Gasteiger partial charge is 0.348 e. The van der Waals surface area contributed by atoms with Gasteiger partial charge in [-0.3, -0.25) is 14.4 Å². The second kappa shape index (κ2) is 21.8. The number of esters is 4. The Kier molecular flexibility index (Phi) is 15.8. The van der Waals surface area contributed by atoms with Gasteiger partial charge in [0.15, 0.2) is 0 Å². The topological polar surface area (TPSA) is 193 Å². The summed E-state index contributed by atoms with van der Waals surface area (Å²) in [6.45, 7) is 8.39. The first-order valence-corrected chi connectivity index (χ1v) is 23.3. The van der Waals surface area contributed by atoms with Crippen LogP contribution in [-0.2, 0) is 64.6 Å². The van der Waals surface area contributed by atoms with Gasteiger partial charge in [-0.25, -0.2) is 14.4 Å². The van der Waals surface area contributed by atoms with Gasteiger partial charge in [0.05, 0.1) is 18.2 Å². The molecule has 2 fully saturated rings. The van der Waals surface area contributed by atoms with Crippen LogP contribution in [0.25, 0.3) is 6.08 Å². The van der Waals surface area contributed by atoms with Gasteiger partial charge >= 0.3 is 23.9 Å². The standard InChI is InChI=1S/C55H60N2O13/c1-53(2,3)69-46(60)29-27-40(33-58)56-49(61)42(30-35-18-10-7-11-19-35)57(6)50(62)37-31-43(47-44(32-37)68-55(70-47,38-21-12-8-13-22-38)39-23-14-9-15-24-39)66-51(63)41-25-17-16-20-36(41)26-28-45(59)67-48-52(64)65-34-54(48,4)5/h7-26,28,32,40,42-44,47-48,58H,27,29-31,33-34H2,1-6H3,(H,56,61)/t40-,42+,43+,44+,47-,48-/m0/s1. The molecule has 3 aliphatic rings. The van der Waals surface area contributed by atoms with Gasteiger partial charge in [-0.15, -0.1) is 0 Å². The minimum absolute atomic E-state index is 0.0593. The third kappa shape index (κ3) is 12.1. The van der Waals surface area contributed by atoms with Gasteiger partial charge in [-0.2, -0.15) is 0 Å². The van der Waals surface area contributed by atoms with Gasteiger partial charge in [-0.1, -0.05) is 123 Å². The number of rotatable bonds is 17. The maximum absolute atomic E-state index is 15.0. The summed E-state index contributed by atoms with van der Waals surface area (Å²) in [6, 6.07) is 32.3. The molecule has 2 saturated heterocycles. The zero-order chi connectivity index (χ0) is 50.2. The van der Waals surface area contributed by atoms with Crippen LogP contribution in [0, 0.1) is 5.41 Å². The molecule has 0 radical (unpaired) electrons. The SMILES string of the molecule is CN(C(=O)C1=C[C@H]2OC(c3ccccc3)(c3ccccc3)O[C@H]2[C@H](OC(=O)c2ccccc2C=CC(=O)O[C@H]2C(=O)OCC2(C)C)C1)[C@H](Cc1ccccc1)C(=O)N[C@H](CO)CCC(=O)OC(C)(C)C. The number of carbonyl (C=O) groups is 6. The molecule has 0 unspecified atom stereocenters. The molecule has 0 spiro atoms. The number of carbonyl (C=O) groups excluding carboxylic acids is 6. The minimum Gasteiger partial charge on any atom is -0.462 e. The van der Waals surface area contributed by atoms with Crippen LogP contribution in [0.2, 0.25) is 0 Å². The van der Waals surface area contributed by atoms with Crippen molar-refractivity contribution >= 4 is 41.8 Å². The first kappa shape index (κ1) is 50.9. The summed E-state index contributed by atoms with van der Waals surface area (Å²) in [5, 5.41) is 13.2. The maximum Gasteiger partial charge on any atom is 0.348 e. The third-order valence-electron chi connectivity index (χ3n) is 12.3. The van der Waals surface area contributed by atoms with Gasteiger partial charge < -0.3 is 43.7 Å². The van der Waals surface area contributed by atoms with E-state index in [-0.39, 0.29) is 43.4 Å². The molecule has 1 aliphatic carbocycles. The number of aliphatic hydroxyl groups is 1. The molecule has 2 N–H and O–H groups in total. The monoisotopic (exact) mass is 956 g/mol. The van der Waals surface area contributed by atoms with E-state index in [1.165, 1.54) is 24.1 Å². The Morgan fingerprint density at radius 3 is 2.07 bits per heavy atom. The fourth-order valence-electron chi connectivity index (χ4n) is 8.66. The summed E-state index contributed by atoms with van der Waals surface area (Å²) in [7, 11) is 1.51. The fraction of sp³-hybridized carbons (Fsp3) is 0.382. The van der Waals surface area contributed by atoms with Crippen molar-refractivity contribution < 1.29 is 62.3 Å². The van der Waals surface area contributed by atoms with Crippen LogP contribution in [0.3, 0.4) is 0 Å². The molecule has 2 aliphatic heterocycles. The third-order valence-corrected chi connectivity index (χ3v) is 12.3. The Hall–Kier alpha value is -6.94. The Morgan fingerprint density at radius 2 is 1.47 bits per heavy atom. The van der Waals surface area contributed by atoms with Crippen LogP contribution in [0.1, 0.15) is 86.5 Å². The van der Waals surface area contributed by atoms with E-state index in [1.54, 1.807) is 58.9 Å². The van der Waals surface area contributed by atoms with Crippen LogP contribution < -0.4 is 5.32 Å². The summed E-state index contributed by atoms with van der Waals surface area (Å²) in [5.74, 6) is -5.34. The van der Waals surface area contributed by atoms with E-state index in [1.807, 2.05) is 91.0 Å². The van der Waals surface area contributed by atoms with E-state index in [0.717, 1.165) is 11.6 Å². The average molecular weight is 957 g/mol. The number of hydrogen-bond donors (Lipinski definition) is 2. The highest BCUT2D eigenvalue weighted by atomic mass is 16.8. The number of fused-ring (bicyclic) bond motifs is 1. The van der Waals surface area contributed by atoms with Crippen LogP contribution in [0.15, 0.2) is 133 Å². The van der Waals surface area contributed by atoms with Crippen LogP contribution in [0.5, 0.6) is 0 Å². The summed E-state index contributed by atoms with van der Waals surface area (Å²) >= 11 is 0. The highest BCUT2D eigenvalue weighted by molar-refractivity contribution is 5.98. The van der Waals surface area contributed by atoms with Gasteiger partial charge in [0.1, 0.15) is 36.6 Å². The maximum atomic E-state index is 15.0. The quantitative estimate of drug-likeness (QED) is 0.0672. The van der Waals surface area contributed by atoms with E-state index in [0.29, 0.717) is 16.7 Å². The molecule has 4 aromatic rings. The summed E-state index contributed by atoms with van der Waals surface area (Å²) in [4.78, 5) is 82.9. The van der Waals surface area contributed by atoms with Gasteiger partial charge in [0, 0.05) is 54.5 Å². The fourth-order valence-corrected chi connectivity index (χ4v) is 8.66. The zero-order valence-corrected chi connectivity index (χ0v) is 40.2.